The highest BCUT2D eigenvalue weighted by atomic mass is 16.5. The maximum absolute atomic E-state index is 13.5. The Balaban J connectivity index is 1.56. The molecule has 2 N–H and O–H groups in total. The average Bonchev–Trinajstić information content (AvgIpc) is 3.03. The van der Waals surface area contributed by atoms with Gasteiger partial charge in [-0.05, 0) is 82.4 Å². The first kappa shape index (κ1) is 22.2. The van der Waals surface area contributed by atoms with Crippen LogP contribution in [0.3, 0.4) is 0 Å². The Bertz CT molecular complexity index is 957. The lowest BCUT2D eigenvalue weighted by atomic mass is 9.61. The Hall–Kier alpha value is -2.01. The summed E-state index contributed by atoms with van der Waals surface area (Å²) < 4.78 is 6.06. The number of hydrogen-bond donors (Lipinski definition) is 2. The molecule has 2 aliphatic rings. The van der Waals surface area contributed by atoms with Gasteiger partial charge in [0.05, 0.1) is 11.7 Å². The van der Waals surface area contributed by atoms with Crippen LogP contribution in [0.4, 0.5) is 0 Å². The molecular weight excluding hydrogens is 388 g/mol. The number of rotatable bonds is 5. The molecule has 2 heterocycles. The highest BCUT2D eigenvalue weighted by Crippen LogP contribution is 2.50. The molecule has 5 atom stereocenters. The summed E-state index contributed by atoms with van der Waals surface area (Å²) in [5.41, 5.74) is 1.60. The van der Waals surface area contributed by atoms with E-state index in [0.29, 0.717) is 12.8 Å². The second kappa shape index (κ2) is 7.84. The number of likely N-dealkylation sites (tertiary alicyclic amines) is 1. The molecular formula is C26H38N2O3. The lowest BCUT2D eigenvalue weighted by Crippen LogP contribution is -2.60. The molecule has 1 saturated carbocycles. The van der Waals surface area contributed by atoms with Crippen molar-refractivity contribution in [1.82, 2.24) is 9.88 Å². The van der Waals surface area contributed by atoms with Crippen LogP contribution in [0, 0.1) is 5.41 Å². The molecule has 5 heteroatoms. The normalized spacial score (nSPS) is 31.8. The molecule has 1 aromatic carbocycles. The van der Waals surface area contributed by atoms with Gasteiger partial charge >= 0.3 is 0 Å². The highest BCUT2D eigenvalue weighted by Gasteiger charge is 2.50. The number of fused-ring (bicyclic) bond motifs is 3. The van der Waals surface area contributed by atoms with Gasteiger partial charge in [0, 0.05) is 35.6 Å². The number of hydrogen-bond acceptors (Lipinski definition) is 3. The largest absolute Gasteiger partial charge is 0.490 e. The predicted molar refractivity (Wildman–Crippen MR) is 124 cm³/mol. The van der Waals surface area contributed by atoms with Crippen LogP contribution in [0.5, 0.6) is 5.75 Å². The molecule has 0 spiro atoms. The van der Waals surface area contributed by atoms with Crippen LogP contribution in [0.1, 0.15) is 85.1 Å². The van der Waals surface area contributed by atoms with Crippen molar-refractivity contribution in [3.8, 4) is 5.75 Å². The summed E-state index contributed by atoms with van der Waals surface area (Å²) in [5, 5.41) is 11.9. The van der Waals surface area contributed by atoms with E-state index in [0.717, 1.165) is 41.5 Å². The quantitative estimate of drug-likeness (QED) is 0.675. The molecule has 1 aliphatic carbocycles. The minimum absolute atomic E-state index is 0.0720. The fourth-order valence-corrected chi connectivity index (χ4v) is 6.58. The second-order valence-electron chi connectivity index (χ2n) is 11.1. The van der Waals surface area contributed by atoms with Gasteiger partial charge in [-0.3, -0.25) is 4.79 Å². The lowest BCUT2D eigenvalue weighted by Gasteiger charge is -2.56. The molecule has 1 aromatic heterocycles. The Morgan fingerprint density at radius 1 is 1.26 bits per heavy atom. The molecule has 0 radical (unpaired) electrons. The van der Waals surface area contributed by atoms with E-state index in [4.69, 9.17) is 4.74 Å². The molecule has 5 nitrogen and oxygen atoms in total. The standard InChI is InChI=1S/C26H38N2O3/c1-16(2)31-22-9-7-8-21-24(22)20(14-27-21)17(3)10-23(29)28-18(4)11-25(5)12-19(28)13-26(6,30)15-25/h7-9,14,16-19,27,30H,10-13,15H2,1-6H3. The van der Waals surface area contributed by atoms with Gasteiger partial charge in [0.15, 0.2) is 0 Å². The molecule has 1 saturated heterocycles. The van der Waals surface area contributed by atoms with E-state index in [1.807, 2.05) is 39.1 Å². The van der Waals surface area contributed by atoms with Gasteiger partial charge in [0.25, 0.3) is 0 Å². The first-order valence-corrected chi connectivity index (χ1v) is 11.8. The maximum Gasteiger partial charge on any atom is 0.223 e. The number of aromatic nitrogens is 1. The zero-order chi connectivity index (χ0) is 22.6. The summed E-state index contributed by atoms with van der Waals surface area (Å²) in [5.74, 6) is 1.14. The molecule has 1 amide bonds. The van der Waals surface area contributed by atoms with E-state index in [-0.39, 0.29) is 35.4 Å². The van der Waals surface area contributed by atoms with Crippen LogP contribution in [0.15, 0.2) is 24.4 Å². The Labute approximate surface area is 186 Å². The van der Waals surface area contributed by atoms with Crippen LogP contribution < -0.4 is 4.74 Å². The molecule has 31 heavy (non-hydrogen) atoms. The van der Waals surface area contributed by atoms with Crippen molar-refractivity contribution in [2.75, 3.05) is 0 Å². The SMILES string of the molecule is CC(C)Oc1cccc2[nH]cc(C(C)CC(=O)N3C(C)CC4(C)CC3CC(C)(O)C4)c12. The molecule has 2 bridgehead atoms. The minimum Gasteiger partial charge on any atom is -0.490 e. The van der Waals surface area contributed by atoms with Crippen LogP contribution in [0.2, 0.25) is 0 Å². The van der Waals surface area contributed by atoms with Crippen LogP contribution in [-0.4, -0.2) is 44.7 Å². The number of carbonyl (C=O) groups excluding carboxylic acids is 1. The zero-order valence-corrected chi connectivity index (χ0v) is 19.9. The third-order valence-corrected chi connectivity index (χ3v) is 7.23. The van der Waals surface area contributed by atoms with Gasteiger partial charge in [-0.1, -0.05) is 19.9 Å². The van der Waals surface area contributed by atoms with Gasteiger partial charge in [-0.15, -0.1) is 0 Å². The van der Waals surface area contributed by atoms with Crippen molar-refractivity contribution < 1.29 is 14.6 Å². The molecule has 2 fully saturated rings. The van der Waals surface area contributed by atoms with Gasteiger partial charge in [-0.25, -0.2) is 0 Å². The van der Waals surface area contributed by atoms with Crippen LogP contribution in [0.25, 0.3) is 10.9 Å². The van der Waals surface area contributed by atoms with E-state index in [1.54, 1.807) is 0 Å². The van der Waals surface area contributed by atoms with Crippen molar-refractivity contribution in [2.24, 2.45) is 5.41 Å². The van der Waals surface area contributed by atoms with E-state index >= 15 is 0 Å². The van der Waals surface area contributed by atoms with Crippen molar-refractivity contribution in [2.45, 2.75) is 103 Å². The summed E-state index contributed by atoms with van der Waals surface area (Å²) in [6.45, 7) is 12.6. The second-order valence-corrected chi connectivity index (χ2v) is 11.1. The monoisotopic (exact) mass is 426 g/mol. The first-order valence-electron chi connectivity index (χ1n) is 11.8. The van der Waals surface area contributed by atoms with E-state index < -0.39 is 5.60 Å². The number of piperidine rings is 1. The Morgan fingerprint density at radius 3 is 2.71 bits per heavy atom. The summed E-state index contributed by atoms with van der Waals surface area (Å²) in [6.07, 6.45) is 6.03. The number of benzene rings is 1. The van der Waals surface area contributed by atoms with Gasteiger partial charge in [0.2, 0.25) is 5.91 Å². The molecule has 170 valence electrons. The molecule has 1 aliphatic heterocycles. The number of nitrogens with one attached hydrogen (secondary N) is 1. The fourth-order valence-electron chi connectivity index (χ4n) is 6.58. The Kier molecular flexibility index (Phi) is 5.61. The summed E-state index contributed by atoms with van der Waals surface area (Å²) in [7, 11) is 0. The van der Waals surface area contributed by atoms with Crippen molar-refractivity contribution in [3.05, 3.63) is 30.0 Å². The van der Waals surface area contributed by atoms with Crippen molar-refractivity contribution >= 4 is 16.8 Å². The minimum atomic E-state index is -0.693. The molecule has 2 aromatic rings. The zero-order valence-electron chi connectivity index (χ0n) is 19.9. The number of aliphatic hydroxyl groups is 1. The number of ether oxygens (including phenoxy) is 1. The lowest BCUT2D eigenvalue weighted by molar-refractivity contribution is -0.154. The van der Waals surface area contributed by atoms with Gasteiger partial charge in [-0.2, -0.15) is 0 Å². The predicted octanol–water partition coefficient (Wildman–Crippen LogP) is 5.38. The number of nitrogens with zero attached hydrogens (tertiary/aromatic N) is 1. The van der Waals surface area contributed by atoms with E-state index in [1.165, 1.54) is 0 Å². The van der Waals surface area contributed by atoms with Gasteiger partial charge < -0.3 is 19.7 Å². The van der Waals surface area contributed by atoms with E-state index in [2.05, 4.69) is 36.7 Å². The third-order valence-electron chi connectivity index (χ3n) is 7.23. The van der Waals surface area contributed by atoms with Crippen LogP contribution >= 0.6 is 0 Å². The first-order chi connectivity index (χ1) is 14.5. The highest BCUT2D eigenvalue weighted by molar-refractivity contribution is 5.90. The topological polar surface area (TPSA) is 65.6 Å². The molecule has 4 rings (SSSR count). The van der Waals surface area contributed by atoms with E-state index in [9.17, 15) is 9.90 Å². The smallest absolute Gasteiger partial charge is 0.223 e. The summed E-state index contributed by atoms with van der Waals surface area (Å²) >= 11 is 0. The summed E-state index contributed by atoms with van der Waals surface area (Å²) in [6, 6.07) is 6.39. The van der Waals surface area contributed by atoms with Crippen molar-refractivity contribution in [1.29, 1.82) is 0 Å². The molecule has 5 unspecified atom stereocenters. The Morgan fingerprint density at radius 2 is 2.00 bits per heavy atom. The van der Waals surface area contributed by atoms with Crippen LogP contribution in [-0.2, 0) is 4.79 Å². The summed E-state index contributed by atoms with van der Waals surface area (Å²) in [4.78, 5) is 19.0. The average molecular weight is 427 g/mol. The van der Waals surface area contributed by atoms with Gasteiger partial charge in [0.1, 0.15) is 5.75 Å². The fraction of sp³-hybridized carbons (Fsp3) is 0.654. The number of H-pyrrole nitrogens is 1. The maximum atomic E-state index is 13.5. The van der Waals surface area contributed by atoms with Crippen molar-refractivity contribution in [3.63, 3.8) is 0 Å². The number of carbonyl (C=O) groups is 1. The third kappa shape index (κ3) is 4.34. The number of aromatic amines is 1. The number of amides is 1.